The van der Waals surface area contributed by atoms with Crippen LogP contribution in [0.4, 0.5) is 0 Å². The largest absolute Gasteiger partial charge is 0.394 e. The van der Waals surface area contributed by atoms with Gasteiger partial charge in [-0.25, -0.2) is 0 Å². The molecule has 0 radical (unpaired) electrons. The molecule has 3 N–H and O–H groups in total. The number of hydrogen-bond acceptors (Lipinski definition) is 3. The van der Waals surface area contributed by atoms with Gasteiger partial charge in [-0.15, -0.1) is 0 Å². The van der Waals surface area contributed by atoms with Gasteiger partial charge in [0.2, 0.25) is 5.91 Å². The van der Waals surface area contributed by atoms with E-state index in [2.05, 4.69) is 104 Å². The summed E-state index contributed by atoms with van der Waals surface area (Å²) in [7, 11) is 0. The summed E-state index contributed by atoms with van der Waals surface area (Å²) in [6, 6.07) is -0.637. The zero-order chi connectivity index (χ0) is 36.4. The summed E-state index contributed by atoms with van der Waals surface area (Å²) in [4.78, 5) is 12.3. The Morgan fingerprint density at radius 2 is 0.880 bits per heavy atom. The Balaban J connectivity index is 3.71. The smallest absolute Gasteiger partial charge is 0.220 e. The first-order valence-electron chi connectivity index (χ1n) is 20.5. The summed E-state index contributed by atoms with van der Waals surface area (Å²) in [5.74, 6) is -0.0900. The molecule has 0 saturated carbocycles. The lowest BCUT2D eigenvalue weighted by Gasteiger charge is -2.20. The average molecular weight is 692 g/mol. The highest BCUT2D eigenvalue weighted by Crippen LogP contribution is 2.12. The number of carbonyl (C=O) groups is 1. The van der Waals surface area contributed by atoms with Gasteiger partial charge >= 0.3 is 0 Å². The number of aliphatic hydroxyl groups excluding tert-OH is 2. The highest BCUT2D eigenvalue weighted by molar-refractivity contribution is 5.76. The topological polar surface area (TPSA) is 69.6 Å². The van der Waals surface area contributed by atoms with Crippen molar-refractivity contribution in [1.82, 2.24) is 5.32 Å². The SMILES string of the molecule is CC/C=C\C/C=C\C/C=C\C/C=C\C/C=C\C/C=C\C/C=C\CCCCCCCC(=O)NC(CO)C(O)/C=C/CCCCCCCCCCC. The van der Waals surface area contributed by atoms with E-state index < -0.39 is 12.1 Å². The predicted molar refractivity (Wildman–Crippen MR) is 220 cm³/mol. The van der Waals surface area contributed by atoms with Crippen molar-refractivity contribution in [2.75, 3.05) is 6.61 Å². The third-order valence-corrected chi connectivity index (χ3v) is 8.57. The van der Waals surface area contributed by atoms with Gasteiger partial charge in [-0.2, -0.15) is 0 Å². The van der Waals surface area contributed by atoms with E-state index in [1.165, 1.54) is 64.2 Å². The minimum Gasteiger partial charge on any atom is -0.394 e. The number of nitrogens with one attached hydrogen (secondary N) is 1. The van der Waals surface area contributed by atoms with Crippen LogP contribution in [0.25, 0.3) is 0 Å². The molecule has 0 rings (SSSR count). The number of aliphatic hydroxyl groups is 2. The van der Waals surface area contributed by atoms with Crippen molar-refractivity contribution in [2.45, 2.75) is 180 Å². The first kappa shape index (κ1) is 47.3. The molecular weight excluding hydrogens is 615 g/mol. The molecule has 284 valence electrons. The predicted octanol–water partition coefficient (Wildman–Crippen LogP) is 12.7. The average Bonchev–Trinajstić information content (AvgIpc) is 3.12. The summed E-state index contributed by atoms with van der Waals surface area (Å²) in [6.45, 7) is 4.15. The Hall–Kier alpha value is -2.69. The monoisotopic (exact) mass is 692 g/mol. The maximum atomic E-state index is 12.3. The molecule has 0 aromatic heterocycles. The van der Waals surface area contributed by atoms with Crippen LogP contribution in [0.15, 0.2) is 97.2 Å². The van der Waals surface area contributed by atoms with Crippen molar-refractivity contribution in [1.29, 1.82) is 0 Å². The number of carbonyl (C=O) groups excluding carboxylic acids is 1. The second-order valence-corrected chi connectivity index (χ2v) is 13.3. The molecule has 0 aliphatic carbocycles. The molecule has 4 nitrogen and oxygen atoms in total. The number of hydrogen-bond donors (Lipinski definition) is 3. The van der Waals surface area contributed by atoms with E-state index in [4.69, 9.17) is 0 Å². The highest BCUT2D eigenvalue weighted by Gasteiger charge is 2.17. The molecule has 2 unspecified atom stereocenters. The van der Waals surface area contributed by atoms with Crippen LogP contribution in [0.3, 0.4) is 0 Å². The molecule has 0 saturated heterocycles. The molecular formula is C46H77NO3. The van der Waals surface area contributed by atoms with Crippen molar-refractivity contribution >= 4 is 5.91 Å². The van der Waals surface area contributed by atoms with Gasteiger partial charge in [-0.05, 0) is 77.0 Å². The van der Waals surface area contributed by atoms with Crippen LogP contribution in [-0.4, -0.2) is 34.9 Å². The minimum absolute atomic E-state index is 0.0900. The van der Waals surface area contributed by atoms with Gasteiger partial charge in [0.1, 0.15) is 0 Å². The highest BCUT2D eigenvalue weighted by atomic mass is 16.3. The molecule has 0 heterocycles. The van der Waals surface area contributed by atoms with Crippen molar-refractivity contribution in [3.05, 3.63) is 97.2 Å². The Morgan fingerprint density at radius 3 is 1.32 bits per heavy atom. The summed E-state index contributed by atoms with van der Waals surface area (Å²) >= 11 is 0. The Bertz CT molecular complexity index is 968. The van der Waals surface area contributed by atoms with E-state index in [1.54, 1.807) is 6.08 Å². The fraction of sp³-hybridized carbons (Fsp3) is 0.630. The van der Waals surface area contributed by atoms with Gasteiger partial charge in [0.05, 0.1) is 18.8 Å². The number of allylic oxidation sites excluding steroid dienone is 15. The van der Waals surface area contributed by atoms with E-state index in [0.717, 1.165) is 83.5 Å². The molecule has 0 fully saturated rings. The molecule has 0 bridgehead atoms. The Kier molecular flexibility index (Phi) is 38.5. The van der Waals surface area contributed by atoms with E-state index in [0.29, 0.717) is 6.42 Å². The summed E-state index contributed by atoms with van der Waals surface area (Å²) in [5.41, 5.74) is 0. The normalized spacial score (nSPS) is 14.1. The zero-order valence-corrected chi connectivity index (χ0v) is 32.4. The van der Waals surface area contributed by atoms with E-state index in [9.17, 15) is 15.0 Å². The van der Waals surface area contributed by atoms with E-state index >= 15 is 0 Å². The first-order valence-corrected chi connectivity index (χ1v) is 20.5. The quantitative estimate of drug-likeness (QED) is 0.0458. The van der Waals surface area contributed by atoms with Gasteiger partial charge in [0.25, 0.3) is 0 Å². The van der Waals surface area contributed by atoms with Crippen molar-refractivity contribution in [2.24, 2.45) is 0 Å². The van der Waals surface area contributed by atoms with E-state index in [1.807, 2.05) is 6.08 Å². The lowest BCUT2D eigenvalue weighted by atomic mass is 10.1. The zero-order valence-electron chi connectivity index (χ0n) is 32.4. The fourth-order valence-electron chi connectivity index (χ4n) is 5.45. The van der Waals surface area contributed by atoms with Crippen LogP contribution < -0.4 is 5.32 Å². The third kappa shape index (κ3) is 36.6. The van der Waals surface area contributed by atoms with Gasteiger partial charge in [-0.3, -0.25) is 4.79 Å². The molecule has 0 aromatic carbocycles. The van der Waals surface area contributed by atoms with Crippen molar-refractivity contribution in [3.63, 3.8) is 0 Å². The van der Waals surface area contributed by atoms with Crippen LogP contribution >= 0.6 is 0 Å². The maximum Gasteiger partial charge on any atom is 0.220 e. The van der Waals surface area contributed by atoms with Crippen LogP contribution in [0, 0.1) is 0 Å². The third-order valence-electron chi connectivity index (χ3n) is 8.57. The summed E-state index contributed by atoms with van der Waals surface area (Å²) < 4.78 is 0. The lowest BCUT2D eigenvalue weighted by Crippen LogP contribution is -2.45. The molecule has 0 spiro atoms. The second kappa shape index (κ2) is 40.7. The number of rotatable bonds is 35. The minimum atomic E-state index is -0.852. The Morgan fingerprint density at radius 1 is 0.500 bits per heavy atom. The fourth-order valence-corrected chi connectivity index (χ4v) is 5.45. The first-order chi connectivity index (χ1) is 24.7. The Labute approximate surface area is 309 Å². The number of unbranched alkanes of at least 4 members (excludes halogenated alkanes) is 14. The summed E-state index contributed by atoms with van der Waals surface area (Å²) in [5, 5.41) is 22.9. The molecule has 0 aliphatic rings. The molecule has 0 aliphatic heterocycles. The lowest BCUT2D eigenvalue weighted by molar-refractivity contribution is -0.123. The molecule has 4 heteroatoms. The second-order valence-electron chi connectivity index (χ2n) is 13.3. The van der Waals surface area contributed by atoms with Crippen LogP contribution in [-0.2, 0) is 4.79 Å². The van der Waals surface area contributed by atoms with Gasteiger partial charge < -0.3 is 15.5 Å². The van der Waals surface area contributed by atoms with Crippen molar-refractivity contribution in [3.8, 4) is 0 Å². The van der Waals surface area contributed by atoms with Gasteiger partial charge in [0.15, 0.2) is 0 Å². The van der Waals surface area contributed by atoms with Gasteiger partial charge in [0, 0.05) is 6.42 Å². The van der Waals surface area contributed by atoms with E-state index in [-0.39, 0.29) is 12.5 Å². The molecule has 50 heavy (non-hydrogen) atoms. The van der Waals surface area contributed by atoms with Crippen LogP contribution in [0.5, 0.6) is 0 Å². The maximum absolute atomic E-state index is 12.3. The van der Waals surface area contributed by atoms with Gasteiger partial charge in [-0.1, -0.05) is 182 Å². The number of amides is 1. The molecule has 1 amide bonds. The van der Waals surface area contributed by atoms with Crippen LogP contribution in [0.2, 0.25) is 0 Å². The standard InChI is InChI=1S/C46H77NO3/c1-3-5-7-9-11-13-15-16-17-18-19-20-21-22-23-24-25-26-27-28-29-30-32-34-36-38-40-42-46(50)47-44(43-48)45(49)41-39-37-35-33-31-14-12-10-8-6-4-2/h5,7,11,13,16-17,19-20,22-23,25-26,28-29,39,41,44-45,48-49H,3-4,6,8-10,12,14-15,18,21,24,27,30-38,40,42-43H2,1-2H3,(H,47,50)/b7-5-,13-11-,17-16-,20-19-,23-22-,26-25-,29-28-,41-39+. The van der Waals surface area contributed by atoms with Crippen molar-refractivity contribution < 1.29 is 15.0 Å². The van der Waals surface area contributed by atoms with Crippen LogP contribution in [0.1, 0.15) is 168 Å². The molecule has 2 atom stereocenters. The molecule has 0 aromatic rings. The summed E-state index contributed by atoms with van der Waals surface area (Å²) in [6.07, 6.45) is 60.7.